The molecule has 0 aliphatic heterocycles. The molecular formula is C3H13NaO4P2. The van der Waals surface area contributed by atoms with Crippen molar-refractivity contribution < 1.29 is 49.4 Å². The first kappa shape index (κ1) is 22.5. The molecule has 0 aliphatic carbocycles. The minimum atomic E-state index is -3.38. The first-order valence-corrected chi connectivity index (χ1v) is 5.92. The van der Waals surface area contributed by atoms with Crippen LogP contribution in [0.25, 0.3) is 0 Å². The molecule has 0 bridgehead atoms. The van der Waals surface area contributed by atoms with E-state index in [0.717, 1.165) is 0 Å². The van der Waals surface area contributed by atoms with Crippen molar-refractivity contribution >= 4 is 16.2 Å². The monoisotopic (exact) mass is 198 g/mol. The Morgan fingerprint density at radius 2 is 1.40 bits per heavy atom. The Hall–Kier alpha value is 1.54. The van der Waals surface area contributed by atoms with E-state index in [-0.39, 0.29) is 35.0 Å². The van der Waals surface area contributed by atoms with Gasteiger partial charge in [-0.1, -0.05) is 0 Å². The summed E-state index contributed by atoms with van der Waals surface area (Å²) in [6.07, 6.45) is 0. The van der Waals surface area contributed by atoms with Crippen molar-refractivity contribution in [1.82, 2.24) is 0 Å². The molecule has 10 heavy (non-hydrogen) atoms. The summed E-state index contributed by atoms with van der Waals surface area (Å²) in [7, 11) is -3.00. The standard InChI is InChI=1S/C3H9P.Na.H3O3P.H2O/c1-4(2)3;;1-4(2)3;/h1-3H3;;4H,(H2,1,2,3);1H2/q;+1;;/p-1. The van der Waals surface area contributed by atoms with E-state index in [1.54, 1.807) is 0 Å². The maximum atomic E-state index is 8.63. The van der Waals surface area contributed by atoms with Crippen LogP contribution < -0.4 is 34.5 Å². The van der Waals surface area contributed by atoms with Crippen LogP contribution in [0, 0.1) is 0 Å². The van der Waals surface area contributed by atoms with Crippen molar-refractivity contribution in [3.8, 4) is 0 Å². The Morgan fingerprint density at radius 1 is 1.40 bits per heavy atom. The molecule has 0 radical (unpaired) electrons. The maximum Gasteiger partial charge on any atom is 1.00 e. The smallest absolute Gasteiger partial charge is 0.781 e. The van der Waals surface area contributed by atoms with Crippen LogP contribution >= 0.6 is 16.2 Å². The average molecular weight is 198 g/mol. The normalized spacial score (nSPS) is 9.80. The van der Waals surface area contributed by atoms with Gasteiger partial charge in [0, 0.05) is 0 Å². The molecule has 7 heteroatoms. The van der Waals surface area contributed by atoms with Crippen LogP contribution in [-0.2, 0) is 4.57 Å². The Labute approximate surface area is 85.3 Å². The topological polar surface area (TPSA) is 91.9 Å². The Kier molecular flexibility index (Phi) is 38.0. The molecule has 0 saturated heterocycles. The van der Waals surface area contributed by atoms with Crippen molar-refractivity contribution in [3.63, 3.8) is 0 Å². The second kappa shape index (κ2) is 16.9. The van der Waals surface area contributed by atoms with Gasteiger partial charge in [-0.2, -0.15) is 0 Å². The zero-order valence-corrected chi connectivity index (χ0v) is 10.6. The largest absolute Gasteiger partial charge is 1.00 e. The third kappa shape index (κ3) is 293. The van der Waals surface area contributed by atoms with Crippen LogP contribution in [0.1, 0.15) is 0 Å². The zero-order valence-electron chi connectivity index (χ0n) is 6.71. The van der Waals surface area contributed by atoms with Gasteiger partial charge in [-0.05, 0) is 20.0 Å². The van der Waals surface area contributed by atoms with Gasteiger partial charge in [0.2, 0.25) is 0 Å². The summed E-state index contributed by atoms with van der Waals surface area (Å²) in [5.41, 5.74) is 0. The number of hydrogen-bond donors (Lipinski definition) is 1. The molecule has 3 N–H and O–H groups in total. The van der Waals surface area contributed by atoms with Gasteiger partial charge >= 0.3 is 29.6 Å². The van der Waals surface area contributed by atoms with E-state index in [1.807, 2.05) is 0 Å². The zero-order chi connectivity index (χ0) is 7.15. The van der Waals surface area contributed by atoms with Gasteiger partial charge in [0.25, 0.3) is 0 Å². The second-order valence-electron chi connectivity index (χ2n) is 1.61. The van der Waals surface area contributed by atoms with E-state index in [4.69, 9.17) is 14.4 Å². The van der Waals surface area contributed by atoms with Crippen molar-refractivity contribution in [2.75, 3.05) is 20.0 Å². The molecule has 0 rings (SSSR count). The molecule has 0 aromatic carbocycles. The van der Waals surface area contributed by atoms with Crippen molar-refractivity contribution in [3.05, 3.63) is 0 Å². The molecule has 0 aromatic rings. The van der Waals surface area contributed by atoms with Gasteiger partial charge < -0.3 is 19.8 Å². The van der Waals surface area contributed by atoms with E-state index in [2.05, 4.69) is 20.0 Å². The fraction of sp³-hybridized carbons (Fsp3) is 1.00. The summed E-state index contributed by atoms with van der Waals surface area (Å²) < 4.78 is 8.63. The van der Waals surface area contributed by atoms with Crippen LogP contribution in [-0.4, -0.2) is 30.4 Å². The molecule has 4 nitrogen and oxygen atoms in total. The molecule has 1 atom stereocenters. The van der Waals surface area contributed by atoms with Crippen LogP contribution in [0.15, 0.2) is 0 Å². The van der Waals surface area contributed by atoms with Gasteiger partial charge in [0.15, 0.2) is 0 Å². The summed E-state index contributed by atoms with van der Waals surface area (Å²) in [5, 5.41) is 0. The van der Waals surface area contributed by atoms with E-state index in [0.29, 0.717) is 7.92 Å². The fourth-order valence-electron chi connectivity index (χ4n) is 0. The molecule has 0 spiro atoms. The van der Waals surface area contributed by atoms with Crippen LogP contribution in [0.5, 0.6) is 0 Å². The SMILES string of the molecule is CP(C)C.O.O=[PH]([O-])O.[Na+]. The van der Waals surface area contributed by atoms with E-state index >= 15 is 0 Å². The summed E-state index contributed by atoms with van der Waals surface area (Å²) >= 11 is 0. The van der Waals surface area contributed by atoms with Gasteiger partial charge in [-0.3, -0.25) is 0 Å². The molecule has 0 aliphatic rings. The average Bonchev–Trinajstić information content (AvgIpc) is 1.25. The molecular weight excluding hydrogens is 185 g/mol. The third-order valence-corrected chi connectivity index (χ3v) is 0. The fourth-order valence-corrected chi connectivity index (χ4v) is 0. The van der Waals surface area contributed by atoms with Gasteiger partial charge in [0.05, 0.1) is 0 Å². The quantitative estimate of drug-likeness (QED) is 0.320. The van der Waals surface area contributed by atoms with Crippen LogP contribution in [0.3, 0.4) is 0 Å². The molecule has 1 unspecified atom stereocenters. The van der Waals surface area contributed by atoms with Gasteiger partial charge in [-0.15, -0.1) is 7.92 Å². The Bertz CT molecular complexity index is 62.8. The van der Waals surface area contributed by atoms with E-state index in [1.165, 1.54) is 0 Å². The third-order valence-electron chi connectivity index (χ3n) is 0. The Morgan fingerprint density at radius 3 is 1.40 bits per heavy atom. The minimum absolute atomic E-state index is 0. The predicted molar refractivity (Wildman–Crippen MR) is 39.5 cm³/mol. The first-order chi connectivity index (χ1) is 3.46. The first-order valence-electron chi connectivity index (χ1n) is 1.97. The molecule has 0 heterocycles. The molecule has 0 saturated carbocycles. The van der Waals surface area contributed by atoms with E-state index in [9.17, 15) is 0 Å². The Balaban J connectivity index is -0.0000000300. The minimum Gasteiger partial charge on any atom is -0.781 e. The van der Waals surface area contributed by atoms with Crippen molar-refractivity contribution in [2.45, 2.75) is 0 Å². The number of rotatable bonds is 0. The summed E-state index contributed by atoms with van der Waals surface area (Å²) in [5.74, 6) is 0. The number of hydrogen-bond acceptors (Lipinski definition) is 2. The molecule has 0 fully saturated rings. The van der Waals surface area contributed by atoms with Crippen molar-refractivity contribution in [2.24, 2.45) is 0 Å². The molecule has 60 valence electrons. The summed E-state index contributed by atoms with van der Waals surface area (Å²) in [6, 6.07) is 0. The second-order valence-corrected chi connectivity index (χ2v) is 4.82. The predicted octanol–water partition coefficient (Wildman–Crippen LogP) is -3.73. The van der Waals surface area contributed by atoms with E-state index < -0.39 is 8.25 Å². The summed E-state index contributed by atoms with van der Waals surface area (Å²) in [4.78, 5) is 15.7. The summed E-state index contributed by atoms with van der Waals surface area (Å²) in [6.45, 7) is 6.69. The maximum absolute atomic E-state index is 8.63. The van der Waals surface area contributed by atoms with Crippen LogP contribution in [0.2, 0.25) is 0 Å². The van der Waals surface area contributed by atoms with Gasteiger partial charge in [-0.25, -0.2) is 0 Å². The van der Waals surface area contributed by atoms with Crippen molar-refractivity contribution in [1.29, 1.82) is 0 Å². The van der Waals surface area contributed by atoms with Crippen LogP contribution in [0.4, 0.5) is 0 Å². The van der Waals surface area contributed by atoms with Gasteiger partial charge in [0.1, 0.15) is 8.25 Å². The molecule has 0 aromatic heterocycles. The molecule has 0 amide bonds.